The maximum atomic E-state index is 11.8. The summed E-state index contributed by atoms with van der Waals surface area (Å²) < 4.78 is 5.72. The number of carboxylic acid groups (broad SMARTS) is 2. The fraction of sp³-hybridized carbons (Fsp3) is 0.130. The Labute approximate surface area is 162 Å². The number of rotatable bonds is 8. The van der Waals surface area contributed by atoms with E-state index in [9.17, 15) is 19.8 Å². The molecule has 5 heteroatoms. The molecule has 2 unspecified atom stereocenters. The molecule has 0 aliphatic heterocycles. The van der Waals surface area contributed by atoms with Crippen molar-refractivity contribution in [3.63, 3.8) is 0 Å². The highest BCUT2D eigenvalue weighted by molar-refractivity contribution is 5.80. The summed E-state index contributed by atoms with van der Waals surface area (Å²) in [6.07, 6.45) is -0.0342. The normalized spacial score (nSPS) is 12.7. The highest BCUT2D eigenvalue weighted by Crippen LogP contribution is 2.32. The van der Waals surface area contributed by atoms with Gasteiger partial charge in [-0.2, -0.15) is 0 Å². The lowest BCUT2D eigenvalue weighted by atomic mass is 9.85. The van der Waals surface area contributed by atoms with Crippen molar-refractivity contribution in [3.05, 3.63) is 96.1 Å². The zero-order valence-electron chi connectivity index (χ0n) is 15.1. The van der Waals surface area contributed by atoms with Crippen molar-refractivity contribution in [1.29, 1.82) is 0 Å². The first-order valence-corrected chi connectivity index (χ1v) is 8.88. The lowest BCUT2D eigenvalue weighted by molar-refractivity contribution is -0.141. The molecule has 0 spiro atoms. The van der Waals surface area contributed by atoms with Crippen molar-refractivity contribution in [2.75, 3.05) is 0 Å². The molecule has 0 amide bonds. The average molecular weight is 376 g/mol. The minimum Gasteiger partial charge on any atom is -0.481 e. The smallest absolute Gasteiger partial charge is 0.311 e. The summed E-state index contributed by atoms with van der Waals surface area (Å²) in [6, 6.07) is 24.7. The van der Waals surface area contributed by atoms with Gasteiger partial charge in [-0.05, 0) is 41.8 Å². The Hall–Kier alpha value is -3.60. The summed E-state index contributed by atoms with van der Waals surface area (Å²) in [5.41, 5.74) is 1.13. The Morgan fingerprint density at radius 2 is 1.07 bits per heavy atom. The van der Waals surface area contributed by atoms with Gasteiger partial charge in [0.2, 0.25) is 0 Å². The summed E-state index contributed by atoms with van der Waals surface area (Å²) >= 11 is 0. The van der Waals surface area contributed by atoms with Gasteiger partial charge in [-0.1, -0.05) is 60.7 Å². The Bertz CT molecular complexity index is 920. The van der Waals surface area contributed by atoms with Gasteiger partial charge >= 0.3 is 11.9 Å². The minimum atomic E-state index is -1.06. The number of hydrogen-bond donors (Lipinski definition) is 2. The lowest BCUT2D eigenvalue weighted by Crippen LogP contribution is -2.20. The van der Waals surface area contributed by atoms with Crippen molar-refractivity contribution in [2.45, 2.75) is 18.3 Å². The van der Waals surface area contributed by atoms with Crippen LogP contribution in [0.1, 0.15) is 29.4 Å². The molecule has 0 aliphatic rings. The molecular formula is C23H20O5. The highest BCUT2D eigenvalue weighted by atomic mass is 16.5. The first-order chi connectivity index (χ1) is 13.5. The molecule has 0 radical (unpaired) electrons. The van der Waals surface area contributed by atoms with Crippen LogP contribution in [0.25, 0.3) is 0 Å². The van der Waals surface area contributed by atoms with Gasteiger partial charge in [0.05, 0.1) is 11.8 Å². The van der Waals surface area contributed by atoms with Crippen LogP contribution in [0.15, 0.2) is 84.9 Å². The van der Waals surface area contributed by atoms with Gasteiger partial charge < -0.3 is 14.9 Å². The number of benzene rings is 3. The third-order valence-corrected chi connectivity index (χ3v) is 4.53. The van der Waals surface area contributed by atoms with Crippen molar-refractivity contribution in [2.24, 2.45) is 0 Å². The van der Waals surface area contributed by atoms with Crippen molar-refractivity contribution in [1.82, 2.24) is 0 Å². The van der Waals surface area contributed by atoms with E-state index in [0.717, 1.165) is 0 Å². The molecule has 0 heterocycles. The van der Waals surface area contributed by atoms with Crippen LogP contribution in [-0.4, -0.2) is 22.2 Å². The Balaban J connectivity index is 1.80. The molecular weight excluding hydrogens is 356 g/mol. The van der Waals surface area contributed by atoms with Crippen LogP contribution in [0.4, 0.5) is 0 Å². The summed E-state index contributed by atoms with van der Waals surface area (Å²) in [4.78, 5) is 23.6. The topological polar surface area (TPSA) is 83.8 Å². The summed E-state index contributed by atoms with van der Waals surface area (Å²) in [5, 5.41) is 19.3. The quantitative estimate of drug-likeness (QED) is 0.584. The molecule has 3 rings (SSSR count). The van der Waals surface area contributed by atoms with Crippen LogP contribution in [0.2, 0.25) is 0 Å². The third-order valence-electron chi connectivity index (χ3n) is 4.53. The van der Waals surface area contributed by atoms with E-state index in [4.69, 9.17) is 4.74 Å². The van der Waals surface area contributed by atoms with Gasteiger partial charge in [-0.15, -0.1) is 0 Å². The van der Waals surface area contributed by atoms with E-state index in [1.54, 1.807) is 54.6 Å². The molecule has 0 aromatic heterocycles. The van der Waals surface area contributed by atoms with Crippen molar-refractivity contribution < 1.29 is 24.5 Å². The second-order valence-electron chi connectivity index (χ2n) is 6.41. The minimum absolute atomic E-state index is 0.0342. The first-order valence-electron chi connectivity index (χ1n) is 8.88. The number of hydrogen-bond acceptors (Lipinski definition) is 3. The predicted molar refractivity (Wildman–Crippen MR) is 105 cm³/mol. The van der Waals surface area contributed by atoms with Crippen molar-refractivity contribution in [3.8, 4) is 11.5 Å². The fourth-order valence-corrected chi connectivity index (χ4v) is 3.07. The molecule has 142 valence electrons. The number of ether oxygens (including phenoxy) is 1. The number of carbonyl (C=O) groups is 2. The molecule has 0 saturated heterocycles. The summed E-state index contributed by atoms with van der Waals surface area (Å²) in [6.45, 7) is 0. The zero-order valence-corrected chi connectivity index (χ0v) is 15.1. The fourth-order valence-electron chi connectivity index (χ4n) is 3.07. The molecule has 28 heavy (non-hydrogen) atoms. The first kappa shape index (κ1) is 19.2. The Morgan fingerprint density at radius 1 is 0.643 bits per heavy atom. The second-order valence-corrected chi connectivity index (χ2v) is 6.41. The van der Waals surface area contributed by atoms with Crippen LogP contribution >= 0.6 is 0 Å². The molecule has 0 aliphatic carbocycles. The average Bonchev–Trinajstić information content (AvgIpc) is 2.70. The monoisotopic (exact) mass is 376 g/mol. The van der Waals surface area contributed by atoms with Crippen LogP contribution in [0, 0.1) is 0 Å². The van der Waals surface area contributed by atoms with Gasteiger partial charge in [0.15, 0.2) is 0 Å². The number of carboxylic acids is 2. The SMILES string of the molecule is O=C(O)C(CC(C(=O)O)c1ccc(Oc2ccccc2)cc1)c1ccccc1. The van der Waals surface area contributed by atoms with E-state index in [-0.39, 0.29) is 6.42 Å². The van der Waals surface area contributed by atoms with Gasteiger partial charge in [-0.3, -0.25) is 9.59 Å². The maximum Gasteiger partial charge on any atom is 0.311 e. The number of para-hydroxylation sites is 1. The highest BCUT2D eigenvalue weighted by Gasteiger charge is 2.29. The van der Waals surface area contributed by atoms with Crippen LogP contribution in [0.5, 0.6) is 11.5 Å². The summed E-state index contributed by atoms with van der Waals surface area (Å²) in [5.74, 6) is -2.67. The van der Waals surface area contributed by atoms with E-state index >= 15 is 0 Å². The third kappa shape index (κ3) is 4.76. The van der Waals surface area contributed by atoms with E-state index in [1.807, 2.05) is 30.3 Å². The Kier molecular flexibility index (Phi) is 6.07. The predicted octanol–water partition coefficient (Wildman–Crippen LogP) is 4.91. The molecule has 0 saturated carbocycles. The van der Waals surface area contributed by atoms with Gasteiger partial charge in [-0.25, -0.2) is 0 Å². The standard InChI is InChI=1S/C23H20O5/c24-22(25)20(16-7-3-1-4-8-16)15-21(23(26)27)17-11-13-19(14-12-17)28-18-9-5-2-6-10-18/h1-14,20-21H,15H2,(H,24,25)(H,26,27). The molecule has 3 aromatic rings. The van der Waals surface area contributed by atoms with Gasteiger partial charge in [0, 0.05) is 0 Å². The molecule has 0 bridgehead atoms. The van der Waals surface area contributed by atoms with E-state index in [0.29, 0.717) is 22.6 Å². The lowest BCUT2D eigenvalue weighted by Gasteiger charge is -2.19. The van der Waals surface area contributed by atoms with Gasteiger partial charge in [0.25, 0.3) is 0 Å². The molecule has 3 aromatic carbocycles. The van der Waals surface area contributed by atoms with Crippen LogP contribution < -0.4 is 4.74 Å². The van der Waals surface area contributed by atoms with E-state index in [1.165, 1.54) is 0 Å². The molecule has 5 nitrogen and oxygen atoms in total. The van der Waals surface area contributed by atoms with Gasteiger partial charge in [0.1, 0.15) is 11.5 Å². The van der Waals surface area contributed by atoms with Crippen LogP contribution in [-0.2, 0) is 9.59 Å². The van der Waals surface area contributed by atoms with E-state index < -0.39 is 23.8 Å². The molecule has 2 atom stereocenters. The Morgan fingerprint density at radius 3 is 1.57 bits per heavy atom. The molecule has 2 N–H and O–H groups in total. The van der Waals surface area contributed by atoms with Crippen molar-refractivity contribution >= 4 is 11.9 Å². The van der Waals surface area contributed by atoms with E-state index in [2.05, 4.69) is 0 Å². The molecule has 0 fully saturated rings. The largest absolute Gasteiger partial charge is 0.481 e. The number of aliphatic carboxylic acids is 2. The maximum absolute atomic E-state index is 11.8. The second kappa shape index (κ2) is 8.86. The zero-order chi connectivity index (χ0) is 19.9. The summed E-state index contributed by atoms with van der Waals surface area (Å²) in [7, 11) is 0. The van der Waals surface area contributed by atoms with Crippen LogP contribution in [0.3, 0.4) is 0 Å².